The number of aliphatic hydroxyl groups excluding tert-OH is 1. The van der Waals surface area contributed by atoms with Gasteiger partial charge in [0.05, 0.1) is 19.8 Å². The molecule has 1 aliphatic rings. The minimum absolute atomic E-state index is 0.301. The van der Waals surface area contributed by atoms with Crippen LogP contribution in [0.2, 0.25) is 0 Å². The Hall–Kier alpha value is -0.910. The first-order valence-corrected chi connectivity index (χ1v) is 4.63. The Kier molecular flexibility index (Phi) is 2.81. The Labute approximate surface area is 82.3 Å². The first kappa shape index (κ1) is 9.64. The molecular formula is C9H14N2O3. The van der Waals surface area contributed by atoms with Crippen LogP contribution in [-0.4, -0.2) is 40.6 Å². The molecular weight excluding hydrogens is 184 g/mol. The fourth-order valence-corrected chi connectivity index (χ4v) is 1.52. The fourth-order valence-electron chi connectivity index (χ4n) is 1.52. The molecule has 14 heavy (non-hydrogen) atoms. The molecule has 1 saturated heterocycles. The third kappa shape index (κ3) is 1.79. The lowest BCUT2D eigenvalue weighted by atomic mass is 10.2. The predicted octanol–water partition coefficient (Wildman–Crippen LogP) is -0.131. The molecule has 1 fully saturated rings. The van der Waals surface area contributed by atoms with Crippen molar-refractivity contribution in [2.75, 3.05) is 19.8 Å². The summed E-state index contributed by atoms with van der Waals surface area (Å²) in [5.74, 6) is 0.612. The average Bonchev–Trinajstić information content (AvgIpc) is 2.65. The zero-order valence-corrected chi connectivity index (χ0v) is 8.09. The van der Waals surface area contributed by atoms with Gasteiger partial charge in [0.1, 0.15) is 18.0 Å². The molecule has 0 bridgehead atoms. The molecule has 1 aromatic heterocycles. The molecule has 0 aliphatic carbocycles. The van der Waals surface area contributed by atoms with Gasteiger partial charge in [-0.25, -0.2) is 4.98 Å². The van der Waals surface area contributed by atoms with Crippen molar-refractivity contribution in [2.45, 2.75) is 12.2 Å². The number of hydrogen-bond acceptors (Lipinski definition) is 4. The number of imidazole rings is 1. The van der Waals surface area contributed by atoms with Crippen molar-refractivity contribution in [3.8, 4) is 0 Å². The highest BCUT2D eigenvalue weighted by Gasteiger charge is 2.27. The third-order valence-electron chi connectivity index (χ3n) is 2.32. The smallest absolute Gasteiger partial charge is 0.140 e. The van der Waals surface area contributed by atoms with Crippen molar-refractivity contribution in [1.29, 1.82) is 0 Å². The third-order valence-corrected chi connectivity index (χ3v) is 2.32. The van der Waals surface area contributed by atoms with E-state index >= 15 is 0 Å². The fraction of sp³-hybridized carbons (Fsp3) is 0.667. The Morgan fingerprint density at radius 2 is 2.50 bits per heavy atom. The van der Waals surface area contributed by atoms with Gasteiger partial charge in [-0.05, 0) is 0 Å². The van der Waals surface area contributed by atoms with E-state index in [1.165, 1.54) is 0 Å². The molecule has 1 aliphatic heterocycles. The molecule has 1 N–H and O–H groups in total. The highest BCUT2D eigenvalue weighted by molar-refractivity contribution is 4.98. The SMILES string of the molecule is Cn1ccnc1C(O)C1COCCO1. The number of nitrogens with zero attached hydrogens (tertiary/aromatic N) is 2. The second-order valence-electron chi connectivity index (χ2n) is 3.33. The van der Waals surface area contributed by atoms with Crippen LogP contribution >= 0.6 is 0 Å². The van der Waals surface area contributed by atoms with Crippen LogP contribution in [0.1, 0.15) is 11.9 Å². The highest BCUT2D eigenvalue weighted by Crippen LogP contribution is 2.19. The van der Waals surface area contributed by atoms with E-state index in [0.29, 0.717) is 25.6 Å². The van der Waals surface area contributed by atoms with Gasteiger partial charge in [-0.2, -0.15) is 0 Å². The molecule has 5 heteroatoms. The lowest BCUT2D eigenvalue weighted by molar-refractivity contribution is -0.135. The summed E-state index contributed by atoms with van der Waals surface area (Å²) < 4.78 is 12.4. The zero-order valence-electron chi connectivity index (χ0n) is 8.09. The van der Waals surface area contributed by atoms with E-state index in [1.54, 1.807) is 17.0 Å². The molecule has 2 unspecified atom stereocenters. The number of aryl methyl sites for hydroxylation is 1. The molecule has 0 aromatic carbocycles. The maximum absolute atomic E-state index is 9.93. The Morgan fingerprint density at radius 3 is 3.07 bits per heavy atom. The van der Waals surface area contributed by atoms with Crippen molar-refractivity contribution in [1.82, 2.24) is 9.55 Å². The molecule has 2 rings (SSSR count). The Balaban J connectivity index is 2.07. The summed E-state index contributed by atoms with van der Waals surface area (Å²) in [4.78, 5) is 4.07. The quantitative estimate of drug-likeness (QED) is 0.719. The van der Waals surface area contributed by atoms with E-state index in [4.69, 9.17) is 9.47 Å². The summed E-state index contributed by atoms with van der Waals surface area (Å²) in [5, 5.41) is 9.93. The lowest BCUT2D eigenvalue weighted by Crippen LogP contribution is -2.34. The summed E-state index contributed by atoms with van der Waals surface area (Å²) in [6.07, 6.45) is 2.44. The minimum Gasteiger partial charge on any atom is -0.382 e. The average molecular weight is 198 g/mol. The summed E-state index contributed by atoms with van der Waals surface area (Å²) in [6, 6.07) is 0. The van der Waals surface area contributed by atoms with Crippen LogP contribution in [0.3, 0.4) is 0 Å². The van der Waals surface area contributed by atoms with Gasteiger partial charge in [0, 0.05) is 19.4 Å². The normalized spacial score (nSPS) is 24.9. The second kappa shape index (κ2) is 4.08. The second-order valence-corrected chi connectivity index (χ2v) is 3.33. The first-order chi connectivity index (χ1) is 6.79. The van der Waals surface area contributed by atoms with Crippen molar-refractivity contribution >= 4 is 0 Å². The van der Waals surface area contributed by atoms with Gasteiger partial charge >= 0.3 is 0 Å². The van der Waals surface area contributed by atoms with E-state index in [1.807, 2.05) is 7.05 Å². The van der Waals surface area contributed by atoms with Crippen LogP contribution in [0.4, 0.5) is 0 Å². The van der Waals surface area contributed by atoms with Crippen molar-refractivity contribution in [3.63, 3.8) is 0 Å². The van der Waals surface area contributed by atoms with Crippen LogP contribution in [0.25, 0.3) is 0 Å². The largest absolute Gasteiger partial charge is 0.382 e. The monoisotopic (exact) mass is 198 g/mol. The molecule has 0 radical (unpaired) electrons. The van der Waals surface area contributed by atoms with Gasteiger partial charge in [0.15, 0.2) is 0 Å². The molecule has 0 amide bonds. The minimum atomic E-state index is -0.713. The number of aliphatic hydroxyl groups is 1. The highest BCUT2D eigenvalue weighted by atomic mass is 16.6. The lowest BCUT2D eigenvalue weighted by Gasteiger charge is -2.26. The summed E-state index contributed by atoms with van der Waals surface area (Å²) >= 11 is 0. The summed E-state index contributed by atoms with van der Waals surface area (Å²) in [7, 11) is 1.84. The molecule has 0 saturated carbocycles. The van der Waals surface area contributed by atoms with Crippen molar-refractivity contribution < 1.29 is 14.6 Å². The van der Waals surface area contributed by atoms with E-state index in [-0.39, 0.29) is 6.10 Å². The van der Waals surface area contributed by atoms with E-state index in [9.17, 15) is 5.11 Å². The van der Waals surface area contributed by atoms with Crippen LogP contribution in [0.15, 0.2) is 12.4 Å². The van der Waals surface area contributed by atoms with Gasteiger partial charge in [-0.1, -0.05) is 0 Å². The van der Waals surface area contributed by atoms with Gasteiger partial charge in [-0.15, -0.1) is 0 Å². The number of hydrogen-bond donors (Lipinski definition) is 1. The number of ether oxygens (including phenoxy) is 2. The molecule has 2 heterocycles. The predicted molar refractivity (Wildman–Crippen MR) is 48.7 cm³/mol. The standard InChI is InChI=1S/C9H14N2O3/c1-11-3-2-10-9(11)8(12)7-6-13-4-5-14-7/h2-3,7-8,12H,4-6H2,1H3. The number of aromatic nitrogens is 2. The summed E-state index contributed by atoms with van der Waals surface area (Å²) in [6.45, 7) is 1.56. The van der Waals surface area contributed by atoms with Crippen molar-refractivity contribution in [3.05, 3.63) is 18.2 Å². The number of rotatable bonds is 2. The molecule has 0 spiro atoms. The summed E-state index contributed by atoms with van der Waals surface area (Å²) in [5.41, 5.74) is 0. The zero-order chi connectivity index (χ0) is 9.97. The van der Waals surface area contributed by atoms with Crippen LogP contribution in [0, 0.1) is 0 Å². The van der Waals surface area contributed by atoms with Crippen molar-refractivity contribution in [2.24, 2.45) is 7.05 Å². The van der Waals surface area contributed by atoms with E-state index < -0.39 is 6.10 Å². The first-order valence-electron chi connectivity index (χ1n) is 4.63. The molecule has 2 atom stereocenters. The van der Waals surface area contributed by atoms with Gasteiger partial charge in [0.2, 0.25) is 0 Å². The maximum atomic E-state index is 9.93. The van der Waals surface area contributed by atoms with E-state index in [0.717, 1.165) is 0 Å². The van der Waals surface area contributed by atoms with E-state index in [2.05, 4.69) is 4.98 Å². The maximum Gasteiger partial charge on any atom is 0.140 e. The van der Waals surface area contributed by atoms with Gasteiger partial charge in [0.25, 0.3) is 0 Å². The molecule has 5 nitrogen and oxygen atoms in total. The Morgan fingerprint density at radius 1 is 1.64 bits per heavy atom. The van der Waals surface area contributed by atoms with Gasteiger partial charge in [-0.3, -0.25) is 0 Å². The van der Waals surface area contributed by atoms with Crippen LogP contribution < -0.4 is 0 Å². The Bertz CT molecular complexity index is 294. The molecule has 78 valence electrons. The van der Waals surface area contributed by atoms with Crippen LogP contribution in [-0.2, 0) is 16.5 Å². The van der Waals surface area contributed by atoms with Gasteiger partial charge < -0.3 is 19.1 Å². The topological polar surface area (TPSA) is 56.5 Å². The van der Waals surface area contributed by atoms with Crippen LogP contribution in [0.5, 0.6) is 0 Å². The molecule has 1 aromatic rings.